The molecule has 1 fully saturated rings. The van der Waals surface area contributed by atoms with Gasteiger partial charge in [0.25, 0.3) is 0 Å². The first kappa shape index (κ1) is 16.3. The Balaban J connectivity index is 1.92. The lowest BCUT2D eigenvalue weighted by atomic mass is 10.0. The lowest BCUT2D eigenvalue weighted by molar-refractivity contribution is 0.166. The van der Waals surface area contributed by atoms with Gasteiger partial charge in [0.05, 0.1) is 13.2 Å². The van der Waals surface area contributed by atoms with Gasteiger partial charge < -0.3 is 14.8 Å². The van der Waals surface area contributed by atoms with Gasteiger partial charge in [-0.15, -0.1) is 0 Å². The Morgan fingerprint density at radius 3 is 2.57 bits per heavy atom. The van der Waals surface area contributed by atoms with Crippen LogP contribution in [0.25, 0.3) is 0 Å². The van der Waals surface area contributed by atoms with E-state index in [1.165, 1.54) is 16.7 Å². The zero-order valence-corrected chi connectivity index (χ0v) is 13.9. The Morgan fingerprint density at radius 1 is 1.29 bits per heavy atom. The van der Waals surface area contributed by atoms with Crippen LogP contribution in [-0.2, 0) is 11.3 Å². The normalized spacial score (nSPS) is 18.4. The van der Waals surface area contributed by atoms with Crippen LogP contribution in [0.15, 0.2) is 12.1 Å². The first-order valence-corrected chi connectivity index (χ1v) is 8.07. The Bertz CT molecular complexity index is 428. The molecule has 0 aromatic heterocycles. The van der Waals surface area contributed by atoms with Gasteiger partial charge in [0, 0.05) is 19.1 Å². The molecule has 1 aromatic carbocycles. The van der Waals surface area contributed by atoms with E-state index >= 15 is 0 Å². The van der Waals surface area contributed by atoms with Gasteiger partial charge in [-0.05, 0) is 49.4 Å². The molecule has 3 nitrogen and oxygen atoms in total. The molecule has 1 aliphatic rings. The summed E-state index contributed by atoms with van der Waals surface area (Å²) in [4.78, 5) is 0. The van der Waals surface area contributed by atoms with Crippen molar-refractivity contribution >= 4 is 0 Å². The van der Waals surface area contributed by atoms with E-state index in [4.69, 9.17) is 9.47 Å². The van der Waals surface area contributed by atoms with Crippen LogP contribution in [0.2, 0.25) is 0 Å². The molecule has 1 N–H and O–H groups in total. The number of nitrogens with one attached hydrogen (secondary N) is 1. The molecule has 0 bridgehead atoms. The molecule has 1 unspecified atom stereocenters. The van der Waals surface area contributed by atoms with Crippen LogP contribution in [0.4, 0.5) is 0 Å². The first-order chi connectivity index (χ1) is 10.1. The Morgan fingerprint density at radius 2 is 2.00 bits per heavy atom. The van der Waals surface area contributed by atoms with Gasteiger partial charge in [0.1, 0.15) is 5.75 Å². The number of benzene rings is 1. The van der Waals surface area contributed by atoms with Gasteiger partial charge in [-0.25, -0.2) is 0 Å². The van der Waals surface area contributed by atoms with Crippen LogP contribution < -0.4 is 10.1 Å². The maximum Gasteiger partial charge on any atom is 0.125 e. The van der Waals surface area contributed by atoms with E-state index in [9.17, 15) is 0 Å². The van der Waals surface area contributed by atoms with Gasteiger partial charge in [-0.2, -0.15) is 0 Å². The molecular formula is C18H29NO2. The van der Waals surface area contributed by atoms with Crippen LogP contribution in [0, 0.1) is 25.7 Å². The van der Waals surface area contributed by atoms with Crippen LogP contribution in [-0.4, -0.2) is 26.4 Å². The largest absolute Gasteiger partial charge is 0.493 e. The molecule has 1 atom stereocenters. The van der Waals surface area contributed by atoms with Gasteiger partial charge >= 0.3 is 0 Å². The van der Waals surface area contributed by atoms with Gasteiger partial charge in [-0.1, -0.05) is 26.0 Å². The number of rotatable bonds is 7. The molecule has 0 spiro atoms. The van der Waals surface area contributed by atoms with Crippen LogP contribution >= 0.6 is 0 Å². The molecule has 0 radical (unpaired) electrons. The number of aryl methyl sites for hydroxylation is 2. The molecular weight excluding hydrogens is 262 g/mol. The second-order valence-electron chi connectivity index (χ2n) is 6.62. The lowest BCUT2D eigenvalue weighted by Crippen LogP contribution is -2.19. The molecule has 0 aliphatic carbocycles. The molecule has 1 saturated heterocycles. The fraction of sp³-hybridized carbons (Fsp3) is 0.667. The smallest absolute Gasteiger partial charge is 0.125 e. The van der Waals surface area contributed by atoms with Crippen molar-refractivity contribution in [3.05, 3.63) is 28.8 Å². The highest BCUT2D eigenvalue weighted by Crippen LogP contribution is 2.26. The maximum atomic E-state index is 6.05. The highest BCUT2D eigenvalue weighted by molar-refractivity contribution is 5.43. The fourth-order valence-corrected chi connectivity index (χ4v) is 2.79. The topological polar surface area (TPSA) is 30.5 Å². The summed E-state index contributed by atoms with van der Waals surface area (Å²) in [5.74, 6) is 2.29. The summed E-state index contributed by atoms with van der Waals surface area (Å²) in [6.07, 6.45) is 1.12. The number of hydrogen-bond acceptors (Lipinski definition) is 3. The molecule has 2 rings (SSSR count). The van der Waals surface area contributed by atoms with Gasteiger partial charge in [0.2, 0.25) is 0 Å². The van der Waals surface area contributed by atoms with Crippen molar-refractivity contribution in [1.29, 1.82) is 0 Å². The summed E-state index contributed by atoms with van der Waals surface area (Å²) in [6, 6.07) is 4.47. The standard InChI is InChI=1S/C18H29NO2/c1-13(2)9-19-10-17-7-14(3)18(15(4)8-17)21-12-16-5-6-20-11-16/h7-8,13,16,19H,5-6,9-12H2,1-4H3. The minimum Gasteiger partial charge on any atom is -0.493 e. The van der Waals surface area contributed by atoms with Crippen molar-refractivity contribution in [3.63, 3.8) is 0 Å². The van der Waals surface area contributed by atoms with Crippen LogP contribution in [0.5, 0.6) is 5.75 Å². The monoisotopic (exact) mass is 291 g/mol. The maximum absolute atomic E-state index is 6.05. The third kappa shape index (κ3) is 5.01. The zero-order chi connectivity index (χ0) is 15.2. The highest BCUT2D eigenvalue weighted by atomic mass is 16.5. The molecule has 1 aliphatic heterocycles. The molecule has 0 amide bonds. The zero-order valence-electron chi connectivity index (χ0n) is 13.9. The van der Waals surface area contributed by atoms with Gasteiger partial charge in [0.15, 0.2) is 0 Å². The van der Waals surface area contributed by atoms with E-state index in [2.05, 4.69) is 45.1 Å². The fourth-order valence-electron chi connectivity index (χ4n) is 2.79. The SMILES string of the molecule is Cc1cc(CNCC(C)C)cc(C)c1OCC1CCOC1. The summed E-state index contributed by atoms with van der Waals surface area (Å²) in [5.41, 5.74) is 3.80. The third-order valence-electron chi connectivity index (χ3n) is 3.89. The van der Waals surface area contributed by atoms with E-state index < -0.39 is 0 Å². The second kappa shape index (κ2) is 7.81. The Kier molecular flexibility index (Phi) is 6.07. The third-order valence-corrected chi connectivity index (χ3v) is 3.89. The second-order valence-corrected chi connectivity index (χ2v) is 6.62. The molecule has 0 saturated carbocycles. The first-order valence-electron chi connectivity index (χ1n) is 8.07. The van der Waals surface area contributed by atoms with Crippen LogP contribution in [0.1, 0.15) is 37.0 Å². The number of hydrogen-bond donors (Lipinski definition) is 1. The van der Waals surface area contributed by atoms with E-state index in [0.717, 1.165) is 45.1 Å². The van der Waals surface area contributed by atoms with Crippen molar-refractivity contribution in [2.24, 2.45) is 11.8 Å². The van der Waals surface area contributed by atoms with Crippen molar-refractivity contribution in [2.75, 3.05) is 26.4 Å². The molecule has 3 heteroatoms. The summed E-state index contributed by atoms with van der Waals surface area (Å²) in [6.45, 7) is 13.2. The average molecular weight is 291 g/mol. The summed E-state index contributed by atoms with van der Waals surface area (Å²) < 4.78 is 11.4. The minimum atomic E-state index is 0.552. The van der Waals surface area contributed by atoms with E-state index in [0.29, 0.717) is 11.8 Å². The molecule has 21 heavy (non-hydrogen) atoms. The minimum absolute atomic E-state index is 0.552. The van der Waals surface area contributed by atoms with Crippen molar-refractivity contribution in [3.8, 4) is 5.75 Å². The summed E-state index contributed by atoms with van der Waals surface area (Å²) in [7, 11) is 0. The average Bonchev–Trinajstić information content (AvgIpc) is 2.90. The Hall–Kier alpha value is -1.06. The van der Waals surface area contributed by atoms with E-state index in [1.54, 1.807) is 0 Å². The van der Waals surface area contributed by atoms with Crippen molar-refractivity contribution < 1.29 is 9.47 Å². The van der Waals surface area contributed by atoms with Crippen molar-refractivity contribution in [1.82, 2.24) is 5.32 Å². The predicted molar refractivity (Wildman–Crippen MR) is 86.9 cm³/mol. The number of ether oxygens (including phenoxy) is 2. The predicted octanol–water partition coefficient (Wildman–Crippen LogP) is 3.46. The molecule has 1 aromatic rings. The lowest BCUT2D eigenvalue weighted by Gasteiger charge is -2.16. The van der Waals surface area contributed by atoms with E-state index in [1.807, 2.05) is 0 Å². The van der Waals surface area contributed by atoms with Gasteiger partial charge in [-0.3, -0.25) is 0 Å². The molecule has 118 valence electrons. The summed E-state index contributed by atoms with van der Waals surface area (Å²) in [5, 5.41) is 3.49. The van der Waals surface area contributed by atoms with E-state index in [-0.39, 0.29) is 0 Å². The Labute approximate surface area is 129 Å². The molecule has 1 heterocycles. The van der Waals surface area contributed by atoms with Crippen LogP contribution in [0.3, 0.4) is 0 Å². The van der Waals surface area contributed by atoms with Crippen molar-refractivity contribution in [2.45, 2.75) is 40.7 Å². The quantitative estimate of drug-likeness (QED) is 0.834. The highest BCUT2D eigenvalue weighted by Gasteiger charge is 2.17. The summed E-state index contributed by atoms with van der Waals surface area (Å²) >= 11 is 0.